The van der Waals surface area contributed by atoms with E-state index < -0.39 is 11.4 Å². The molecular formula is C6H11O3S-. The topological polar surface area (TPSA) is 49.4 Å². The quantitative estimate of drug-likeness (QED) is 0.456. The van der Waals surface area contributed by atoms with Gasteiger partial charge in [0.15, 0.2) is 0 Å². The Balaban J connectivity index is 3.35. The van der Waals surface area contributed by atoms with E-state index in [1.165, 1.54) is 0 Å². The Morgan fingerprint density at radius 1 is 1.80 bits per heavy atom. The lowest BCUT2D eigenvalue weighted by atomic mass is 10.2. The number of allylic oxidation sites excluding steroid dienone is 1. The van der Waals surface area contributed by atoms with E-state index in [9.17, 15) is 8.76 Å². The molecule has 0 radical (unpaired) electrons. The molecule has 0 aliphatic carbocycles. The molecule has 1 unspecified atom stereocenters. The van der Waals surface area contributed by atoms with Gasteiger partial charge in [0.1, 0.15) is 17.1 Å². The minimum Gasteiger partial charge on any atom is -0.740 e. The summed E-state index contributed by atoms with van der Waals surface area (Å²) in [5.74, 6) is 0.315. The van der Waals surface area contributed by atoms with Crippen LogP contribution in [0, 0.1) is 0 Å². The van der Waals surface area contributed by atoms with Gasteiger partial charge in [-0.15, -0.1) is 0 Å². The molecule has 3 nitrogen and oxygen atoms in total. The fourth-order valence-electron chi connectivity index (χ4n) is 0.512. The van der Waals surface area contributed by atoms with Crippen molar-refractivity contribution in [1.29, 1.82) is 0 Å². The van der Waals surface area contributed by atoms with Gasteiger partial charge < -0.3 is 8.74 Å². The highest BCUT2D eigenvalue weighted by Crippen LogP contribution is 2.06. The summed E-state index contributed by atoms with van der Waals surface area (Å²) in [4.78, 5) is 0. The van der Waals surface area contributed by atoms with Gasteiger partial charge in [0.05, 0.1) is 0 Å². The Morgan fingerprint density at radius 3 is 2.80 bits per heavy atom. The van der Waals surface area contributed by atoms with Crippen LogP contribution in [0.2, 0.25) is 0 Å². The van der Waals surface area contributed by atoms with Gasteiger partial charge in [-0.2, -0.15) is 0 Å². The van der Waals surface area contributed by atoms with Crippen molar-refractivity contribution in [2.45, 2.75) is 26.2 Å². The molecule has 10 heavy (non-hydrogen) atoms. The van der Waals surface area contributed by atoms with Crippen LogP contribution in [-0.2, 0) is 15.5 Å². The fourth-order valence-corrected chi connectivity index (χ4v) is 0.788. The summed E-state index contributed by atoms with van der Waals surface area (Å²) in [5.41, 5.74) is 0. The van der Waals surface area contributed by atoms with Crippen LogP contribution in [0.15, 0.2) is 12.3 Å². The summed E-state index contributed by atoms with van der Waals surface area (Å²) >= 11 is -2.45. The second-order valence-corrected chi connectivity index (χ2v) is 2.50. The summed E-state index contributed by atoms with van der Waals surface area (Å²) in [6, 6.07) is 0. The molecule has 0 aliphatic rings. The van der Waals surface area contributed by atoms with Gasteiger partial charge in [-0.25, -0.2) is 4.21 Å². The third-order valence-corrected chi connectivity index (χ3v) is 1.37. The smallest absolute Gasteiger partial charge is 0.138 e. The number of unbranched alkanes of at least 4 members (excludes halogenated alkanes) is 1. The van der Waals surface area contributed by atoms with E-state index >= 15 is 0 Å². The van der Waals surface area contributed by atoms with Gasteiger partial charge in [-0.05, 0) is 6.42 Å². The van der Waals surface area contributed by atoms with E-state index in [0.717, 1.165) is 12.8 Å². The molecule has 0 N–H and O–H groups in total. The molecule has 1 atom stereocenters. The van der Waals surface area contributed by atoms with Crippen LogP contribution in [-0.4, -0.2) is 8.76 Å². The predicted molar refractivity (Wildman–Crippen MR) is 38.7 cm³/mol. The fraction of sp³-hybridized carbons (Fsp3) is 0.667. The van der Waals surface area contributed by atoms with Crippen LogP contribution in [0.1, 0.15) is 26.2 Å². The van der Waals surface area contributed by atoms with E-state index in [-0.39, 0.29) is 0 Å². The molecular weight excluding hydrogens is 152 g/mol. The lowest BCUT2D eigenvalue weighted by Gasteiger charge is -2.08. The van der Waals surface area contributed by atoms with Crippen molar-refractivity contribution < 1.29 is 12.9 Å². The summed E-state index contributed by atoms with van der Waals surface area (Å²) in [6.45, 7) is 5.43. The van der Waals surface area contributed by atoms with Crippen molar-refractivity contribution in [2.24, 2.45) is 0 Å². The van der Waals surface area contributed by atoms with Crippen molar-refractivity contribution in [3.05, 3.63) is 12.3 Å². The zero-order chi connectivity index (χ0) is 7.98. The van der Waals surface area contributed by atoms with Crippen LogP contribution >= 0.6 is 0 Å². The summed E-state index contributed by atoms with van der Waals surface area (Å²) in [5, 5.41) is 0. The number of rotatable bonds is 5. The maximum Gasteiger partial charge on any atom is 0.138 e. The second-order valence-electron chi connectivity index (χ2n) is 1.93. The van der Waals surface area contributed by atoms with Crippen molar-refractivity contribution in [3.8, 4) is 0 Å². The van der Waals surface area contributed by atoms with E-state index in [1.807, 2.05) is 6.92 Å². The van der Waals surface area contributed by atoms with Crippen LogP contribution in [0.5, 0.6) is 0 Å². The van der Waals surface area contributed by atoms with Gasteiger partial charge in [0, 0.05) is 6.42 Å². The third-order valence-electron chi connectivity index (χ3n) is 0.995. The van der Waals surface area contributed by atoms with Gasteiger partial charge in [-0.3, -0.25) is 0 Å². The van der Waals surface area contributed by atoms with Crippen molar-refractivity contribution in [1.82, 2.24) is 0 Å². The molecule has 0 amide bonds. The van der Waals surface area contributed by atoms with Gasteiger partial charge >= 0.3 is 0 Å². The van der Waals surface area contributed by atoms with E-state index in [0.29, 0.717) is 12.2 Å². The minimum absolute atomic E-state index is 0.315. The molecule has 0 aliphatic heterocycles. The molecule has 0 rings (SSSR count). The highest BCUT2D eigenvalue weighted by molar-refractivity contribution is 7.74. The van der Waals surface area contributed by atoms with E-state index in [1.54, 1.807) is 0 Å². The van der Waals surface area contributed by atoms with Crippen LogP contribution in [0.25, 0.3) is 0 Å². The maximum atomic E-state index is 9.89. The molecule has 0 bridgehead atoms. The monoisotopic (exact) mass is 163 g/mol. The molecule has 0 aromatic carbocycles. The van der Waals surface area contributed by atoms with Gasteiger partial charge in [0.25, 0.3) is 0 Å². The molecule has 4 heteroatoms. The normalized spacial score (nSPS) is 12.6. The first kappa shape index (κ1) is 9.65. The Bertz CT molecular complexity index is 133. The molecule has 0 fully saturated rings. The molecule has 60 valence electrons. The van der Waals surface area contributed by atoms with Crippen LogP contribution in [0.3, 0.4) is 0 Å². The lowest BCUT2D eigenvalue weighted by Crippen LogP contribution is -1.94. The van der Waals surface area contributed by atoms with E-state index in [2.05, 4.69) is 10.8 Å². The van der Waals surface area contributed by atoms with Crippen LogP contribution < -0.4 is 0 Å². The standard InChI is InChI=1S/C6H12O3S/c1-3-4-5-6(2)9-10(7)8/h2-5H2,1H3,(H,7,8)/p-1. The maximum absolute atomic E-state index is 9.89. The Kier molecular flexibility index (Phi) is 5.25. The van der Waals surface area contributed by atoms with E-state index in [4.69, 9.17) is 0 Å². The first-order valence-corrected chi connectivity index (χ1v) is 4.12. The first-order chi connectivity index (χ1) is 4.66. The van der Waals surface area contributed by atoms with Crippen molar-refractivity contribution in [2.75, 3.05) is 0 Å². The number of hydrogen-bond acceptors (Lipinski definition) is 3. The Morgan fingerprint density at radius 2 is 2.40 bits per heavy atom. The highest BCUT2D eigenvalue weighted by Gasteiger charge is 1.92. The molecule has 0 heterocycles. The van der Waals surface area contributed by atoms with Gasteiger partial charge in [-0.1, -0.05) is 19.9 Å². The SMILES string of the molecule is C=C(CCCC)OS(=O)[O-]. The molecule has 0 saturated carbocycles. The average Bonchev–Trinajstić information content (AvgIpc) is 1.82. The molecule has 0 spiro atoms. The third kappa shape index (κ3) is 5.78. The average molecular weight is 163 g/mol. The molecule has 0 saturated heterocycles. The summed E-state index contributed by atoms with van der Waals surface area (Å²) in [6.07, 6.45) is 2.54. The van der Waals surface area contributed by atoms with Gasteiger partial charge in [0.2, 0.25) is 0 Å². The predicted octanol–water partition coefficient (Wildman–Crippen LogP) is 1.50. The molecule has 0 aromatic heterocycles. The number of hydrogen-bond donors (Lipinski definition) is 0. The Labute approximate surface area is 63.6 Å². The lowest BCUT2D eigenvalue weighted by molar-refractivity contribution is 0.363. The zero-order valence-electron chi connectivity index (χ0n) is 5.96. The summed E-state index contributed by atoms with van der Waals surface area (Å²) < 4.78 is 24.1. The second kappa shape index (κ2) is 5.44. The molecule has 0 aromatic rings. The Hall–Kier alpha value is -0.350. The summed E-state index contributed by atoms with van der Waals surface area (Å²) in [7, 11) is 0. The van der Waals surface area contributed by atoms with Crippen molar-refractivity contribution >= 4 is 11.4 Å². The largest absolute Gasteiger partial charge is 0.740 e. The minimum atomic E-state index is -2.45. The first-order valence-electron chi connectivity index (χ1n) is 3.12. The van der Waals surface area contributed by atoms with Crippen molar-refractivity contribution in [3.63, 3.8) is 0 Å². The van der Waals surface area contributed by atoms with Crippen LogP contribution in [0.4, 0.5) is 0 Å². The zero-order valence-corrected chi connectivity index (χ0v) is 6.78. The highest BCUT2D eigenvalue weighted by atomic mass is 32.2.